The van der Waals surface area contributed by atoms with Gasteiger partial charge in [-0.3, -0.25) is 0 Å². The first-order chi connectivity index (χ1) is 9.11. The van der Waals surface area contributed by atoms with Crippen molar-refractivity contribution >= 4 is 0 Å². The summed E-state index contributed by atoms with van der Waals surface area (Å²) < 4.78 is 11.2. The Morgan fingerprint density at radius 2 is 2.26 bits per heavy atom. The van der Waals surface area contributed by atoms with Crippen LogP contribution in [0, 0.1) is 13.8 Å². The summed E-state index contributed by atoms with van der Waals surface area (Å²) in [5.74, 6) is 0.883. The van der Waals surface area contributed by atoms with Gasteiger partial charge in [0, 0.05) is 24.7 Å². The molecule has 2 rings (SSSR count). The summed E-state index contributed by atoms with van der Waals surface area (Å²) in [4.78, 5) is 0. The SMILES string of the molecule is COc1cc(C)cc(C)c1C(N)CC1CNCCO1. The molecule has 2 unspecified atom stereocenters. The van der Waals surface area contributed by atoms with Crippen LogP contribution in [0.4, 0.5) is 0 Å². The first-order valence-corrected chi connectivity index (χ1v) is 6.85. The molecule has 2 atom stereocenters. The van der Waals surface area contributed by atoms with Crippen LogP contribution in [-0.2, 0) is 4.74 Å². The molecule has 0 bridgehead atoms. The summed E-state index contributed by atoms with van der Waals surface area (Å²) in [5, 5.41) is 3.33. The lowest BCUT2D eigenvalue weighted by molar-refractivity contribution is 0.0194. The molecular weight excluding hydrogens is 240 g/mol. The molecule has 0 spiro atoms. The van der Waals surface area contributed by atoms with Crippen LogP contribution in [0.15, 0.2) is 12.1 Å². The zero-order valence-electron chi connectivity index (χ0n) is 12.0. The summed E-state index contributed by atoms with van der Waals surface area (Å²) in [6.45, 7) is 6.73. The second-order valence-corrected chi connectivity index (χ2v) is 5.24. The lowest BCUT2D eigenvalue weighted by Crippen LogP contribution is -2.40. The second-order valence-electron chi connectivity index (χ2n) is 5.24. The number of rotatable bonds is 4. The number of hydrogen-bond acceptors (Lipinski definition) is 4. The van der Waals surface area contributed by atoms with Gasteiger partial charge in [0.15, 0.2) is 0 Å². The highest BCUT2D eigenvalue weighted by Crippen LogP contribution is 2.31. The first kappa shape index (κ1) is 14.3. The van der Waals surface area contributed by atoms with Crippen molar-refractivity contribution in [2.24, 2.45) is 5.73 Å². The number of hydrogen-bond donors (Lipinski definition) is 2. The zero-order valence-corrected chi connectivity index (χ0v) is 12.0. The molecule has 1 aromatic carbocycles. The molecule has 1 saturated heterocycles. The van der Waals surface area contributed by atoms with Gasteiger partial charge >= 0.3 is 0 Å². The number of aryl methyl sites for hydroxylation is 2. The van der Waals surface area contributed by atoms with Crippen molar-refractivity contribution in [3.63, 3.8) is 0 Å². The Kier molecular flexibility index (Phi) is 4.80. The van der Waals surface area contributed by atoms with Crippen molar-refractivity contribution in [2.75, 3.05) is 26.8 Å². The van der Waals surface area contributed by atoms with Crippen molar-refractivity contribution in [2.45, 2.75) is 32.4 Å². The smallest absolute Gasteiger partial charge is 0.124 e. The highest BCUT2D eigenvalue weighted by Gasteiger charge is 2.21. The average Bonchev–Trinajstić information content (AvgIpc) is 2.38. The van der Waals surface area contributed by atoms with E-state index in [1.54, 1.807) is 7.11 Å². The van der Waals surface area contributed by atoms with Gasteiger partial charge in [0.1, 0.15) is 5.75 Å². The Morgan fingerprint density at radius 1 is 1.47 bits per heavy atom. The van der Waals surface area contributed by atoms with E-state index in [0.29, 0.717) is 0 Å². The van der Waals surface area contributed by atoms with Crippen LogP contribution < -0.4 is 15.8 Å². The first-order valence-electron chi connectivity index (χ1n) is 6.85. The predicted octanol–water partition coefficient (Wildman–Crippen LogP) is 1.69. The fourth-order valence-corrected chi connectivity index (χ4v) is 2.76. The van der Waals surface area contributed by atoms with Gasteiger partial charge in [-0.2, -0.15) is 0 Å². The van der Waals surface area contributed by atoms with Crippen molar-refractivity contribution in [1.82, 2.24) is 5.32 Å². The minimum absolute atomic E-state index is 0.0551. The molecule has 0 amide bonds. The van der Waals surface area contributed by atoms with E-state index in [0.717, 1.165) is 37.4 Å². The lowest BCUT2D eigenvalue weighted by Gasteiger charge is -2.27. The molecule has 1 aromatic rings. The molecule has 0 saturated carbocycles. The van der Waals surface area contributed by atoms with Crippen LogP contribution in [0.1, 0.15) is 29.2 Å². The molecule has 4 nitrogen and oxygen atoms in total. The molecular formula is C15H24N2O2. The quantitative estimate of drug-likeness (QED) is 0.869. The highest BCUT2D eigenvalue weighted by molar-refractivity contribution is 5.45. The van der Waals surface area contributed by atoms with E-state index in [4.69, 9.17) is 15.2 Å². The summed E-state index contributed by atoms with van der Waals surface area (Å²) >= 11 is 0. The molecule has 1 fully saturated rings. The Labute approximate surface area is 115 Å². The predicted molar refractivity (Wildman–Crippen MR) is 76.6 cm³/mol. The molecule has 0 aliphatic carbocycles. The number of nitrogens with two attached hydrogens (primary N) is 1. The van der Waals surface area contributed by atoms with Gasteiger partial charge in [0.05, 0.1) is 19.8 Å². The zero-order chi connectivity index (χ0) is 13.8. The van der Waals surface area contributed by atoms with Gasteiger partial charge in [-0.1, -0.05) is 6.07 Å². The van der Waals surface area contributed by atoms with Crippen molar-refractivity contribution in [1.29, 1.82) is 0 Å². The number of methoxy groups -OCH3 is 1. The minimum Gasteiger partial charge on any atom is -0.496 e. The van der Waals surface area contributed by atoms with E-state index >= 15 is 0 Å². The molecule has 4 heteroatoms. The van der Waals surface area contributed by atoms with Gasteiger partial charge in [0.2, 0.25) is 0 Å². The molecule has 19 heavy (non-hydrogen) atoms. The van der Waals surface area contributed by atoms with Crippen molar-refractivity contribution in [3.8, 4) is 5.75 Å². The van der Waals surface area contributed by atoms with Crippen molar-refractivity contribution < 1.29 is 9.47 Å². The molecule has 1 aliphatic heterocycles. The average molecular weight is 264 g/mol. The van der Waals surface area contributed by atoms with E-state index in [-0.39, 0.29) is 12.1 Å². The summed E-state index contributed by atoms with van der Waals surface area (Å²) in [6, 6.07) is 4.14. The number of ether oxygens (including phenoxy) is 2. The summed E-state index contributed by atoms with van der Waals surface area (Å²) in [5.41, 5.74) is 9.85. The Balaban J connectivity index is 2.15. The largest absolute Gasteiger partial charge is 0.496 e. The topological polar surface area (TPSA) is 56.5 Å². The van der Waals surface area contributed by atoms with Gasteiger partial charge in [-0.25, -0.2) is 0 Å². The number of benzene rings is 1. The van der Waals surface area contributed by atoms with Crippen molar-refractivity contribution in [3.05, 3.63) is 28.8 Å². The normalized spacial score (nSPS) is 21.2. The third-order valence-electron chi connectivity index (χ3n) is 3.61. The third kappa shape index (κ3) is 3.47. The molecule has 0 aromatic heterocycles. The van der Waals surface area contributed by atoms with Crippen LogP contribution in [0.3, 0.4) is 0 Å². The van der Waals surface area contributed by atoms with Gasteiger partial charge in [0.25, 0.3) is 0 Å². The van der Waals surface area contributed by atoms with Crippen LogP contribution >= 0.6 is 0 Å². The highest BCUT2D eigenvalue weighted by atomic mass is 16.5. The lowest BCUT2D eigenvalue weighted by atomic mass is 9.94. The maximum atomic E-state index is 6.37. The van der Waals surface area contributed by atoms with Crippen LogP contribution in [0.25, 0.3) is 0 Å². The molecule has 106 valence electrons. The fraction of sp³-hybridized carbons (Fsp3) is 0.600. The van der Waals surface area contributed by atoms with Gasteiger partial charge in [-0.05, 0) is 37.5 Å². The maximum Gasteiger partial charge on any atom is 0.124 e. The van der Waals surface area contributed by atoms with E-state index in [1.807, 2.05) is 6.07 Å². The van der Waals surface area contributed by atoms with E-state index in [1.165, 1.54) is 11.1 Å². The standard InChI is InChI=1S/C15H24N2O2/c1-10-6-11(2)15(14(7-10)18-3)13(16)8-12-9-17-4-5-19-12/h6-7,12-13,17H,4-5,8-9,16H2,1-3H3. The van der Waals surface area contributed by atoms with Crippen LogP contribution in [0.5, 0.6) is 5.75 Å². The molecule has 0 radical (unpaired) electrons. The Morgan fingerprint density at radius 3 is 2.89 bits per heavy atom. The monoisotopic (exact) mass is 264 g/mol. The Hall–Kier alpha value is -1.10. The number of nitrogens with one attached hydrogen (secondary N) is 1. The molecule has 1 aliphatic rings. The van der Waals surface area contributed by atoms with E-state index < -0.39 is 0 Å². The fourth-order valence-electron chi connectivity index (χ4n) is 2.76. The number of morpholine rings is 1. The molecule has 3 N–H and O–H groups in total. The van der Waals surface area contributed by atoms with Gasteiger partial charge in [-0.15, -0.1) is 0 Å². The second kappa shape index (κ2) is 6.37. The summed E-state index contributed by atoms with van der Waals surface area (Å²) in [6.07, 6.45) is 1.00. The van der Waals surface area contributed by atoms with Crippen LogP contribution in [-0.4, -0.2) is 32.9 Å². The van der Waals surface area contributed by atoms with Crippen LogP contribution in [0.2, 0.25) is 0 Å². The van der Waals surface area contributed by atoms with E-state index in [9.17, 15) is 0 Å². The van der Waals surface area contributed by atoms with E-state index in [2.05, 4.69) is 25.2 Å². The van der Waals surface area contributed by atoms with Gasteiger partial charge < -0.3 is 20.5 Å². The minimum atomic E-state index is -0.0551. The molecule has 1 heterocycles. The maximum absolute atomic E-state index is 6.37. The Bertz CT molecular complexity index is 428. The summed E-state index contributed by atoms with van der Waals surface area (Å²) in [7, 11) is 1.70. The third-order valence-corrected chi connectivity index (χ3v) is 3.61.